The lowest BCUT2D eigenvalue weighted by atomic mass is 9.96. The first-order valence-corrected chi connectivity index (χ1v) is 5.83. The molecule has 3 heteroatoms. The van der Waals surface area contributed by atoms with Crippen LogP contribution in [0.1, 0.15) is 33.1 Å². The summed E-state index contributed by atoms with van der Waals surface area (Å²) in [6, 6.07) is 2.19. The zero-order valence-electron chi connectivity index (χ0n) is 9.49. The van der Waals surface area contributed by atoms with Gasteiger partial charge in [0, 0.05) is 13.1 Å². The van der Waals surface area contributed by atoms with Crippen molar-refractivity contribution >= 4 is 5.91 Å². The van der Waals surface area contributed by atoms with E-state index < -0.39 is 5.41 Å². The molecule has 15 heavy (non-hydrogen) atoms. The Morgan fingerprint density at radius 3 is 2.60 bits per heavy atom. The van der Waals surface area contributed by atoms with E-state index in [4.69, 9.17) is 5.26 Å². The third kappa shape index (κ3) is 1.62. The number of carbonyl (C=O) groups excluding carboxylic acids is 1. The molecule has 1 saturated carbocycles. The average Bonchev–Trinajstić information content (AvgIpc) is 2.96. The van der Waals surface area contributed by atoms with Crippen LogP contribution in [0.25, 0.3) is 0 Å². The maximum Gasteiger partial charge on any atom is 0.243 e. The van der Waals surface area contributed by atoms with Gasteiger partial charge in [0.2, 0.25) is 5.91 Å². The molecular formula is C12H18N2O. The smallest absolute Gasteiger partial charge is 0.243 e. The molecule has 0 unspecified atom stereocenters. The SMILES string of the molecule is CC[C@@H]1CN(C(=O)C2(C#N)CC2)C[C@@H]1C. The predicted molar refractivity (Wildman–Crippen MR) is 56.8 cm³/mol. The van der Waals surface area contributed by atoms with E-state index in [0.29, 0.717) is 11.8 Å². The monoisotopic (exact) mass is 206 g/mol. The van der Waals surface area contributed by atoms with Gasteiger partial charge in [0.15, 0.2) is 0 Å². The van der Waals surface area contributed by atoms with Crippen LogP contribution in [-0.2, 0) is 4.79 Å². The highest BCUT2D eigenvalue weighted by atomic mass is 16.2. The van der Waals surface area contributed by atoms with Crippen LogP contribution < -0.4 is 0 Å². The van der Waals surface area contributed by atoms with Crippen LogP contribution in [-0.4, -0.2) is 23.9 Å². The molecule has 0 aromatic carbocycles. The van der Waals surface area contributed by atoms with E-state index in [9.17, 15) is 4.79 Å². The van der Waals surface area contributed by atoms with Crippen molar-refractivity contribution in [1.29, 1.82) is 5.26 Å². The van der Waals surface area contributed by atoms with Crippen molar-refractivity contribution in [3.05, 3.63) is 0 Å². The Labute approximate surface area is 91.1 Å². The zero-order valence-corrected chi connectivity index (χ0v) is 9.49. The summed E-state index contributed by atoms with van der Waals surface area (Å²) in [4.78, 5) is 14.0. The number of nitrogens with zero attached hydrogens (tertiary/aromatic N) is 2. The van der Waals surface area contributed by atoms with Crippen molar-refractivity contribution in [3.63, 3.8) is 0 Å². The number of carbonyl (C=O) groups is 1. The van der Waals surface area contributed by atoms with Crippen molar-refractivity contribution in [1.82, 2.24) is 4.90 Å². The zero-order chi connectivity index (χ0) is 11.1. The van der Waals surface area contributed by atoms with Crippen LogP contribution >= 0.6 is 0 Å². The average molecular weight is 206 g/mol. The van der Waals surface area contributed by atoms with E-state index in [-0.39, 0.29) is 5.91 Å². The summed E-state index contributed by atoms with van der Waals surface area (Å²) in [6.07, 6.45) is 2.67. The highest BCUT2D eigenvalue weighted by molar-refractivity contribution is 5.88. The van der Waals surface area contributed by atoms with Crippen LogP contribution in [0.5, 0.6) is 0 Å². The van der Waals surface area contributed by atoms with Crippen molar-refractivity contribution in [2.75, 3.05) is 13.1 Å². The highest BCUT2D eigenvalue weighted by Gasteiger charge is 2.53. The number of nitriles is 1. The van der Waals surface area contributed by atoms with Gasteiger partial charge in [-0.3, -0.25) is 4.79 Å². The van der Waals surface area contributed by atoms with Gasteiger partial charge in [-0.1, -0.05) is 20.3 Å². The second-order valence-electron chi connectivity index (χ2n) is 5.05. The fourth-order valence-corrected chi connectivity index (χ4v) is 2.53. The third-order valence-corrected chi connectivity index (χ3v) is 3.95. The van der Waals surface area contributed by atoms with Gasteiger partial charge in [0.25, 0.3) is 0 Å². The van der Waals surface area contributed by atoms with E-state index in [0.717, 1.165) is 32.4 Å². The lowest BCUT2D eigenvalue weighted by molar-refractivity contribution is -0.134. The maximum atomic E-state index is 12.1. The fourth-order valence-electron chi connectivity index (χ4n) is 2.53. The Kier molecular flexibility index (Phi) is 2.46. The summed E-state index contributed by atoms with van der Waals surface area (Å²) in [5.41, 5.74) is -0.623. The predicted octanol–water partition coefficient (Wildman–Crippen LogP) is 1.79. The minimum atomic E-state index is -0.623. The van der Waals surface area contributed by atoms with E-state index in [2.05, 4.69) is 19.9 Å². The molecular weight excluding hydrogens is 188 g/mol. The summed E-state index contributed by atoms with van der Waals surface area (Å²) in [7, 11) is 0. The molecule has 1 heterocycles. The van der Waals surface area contributed by atoms with Gasteiger partial charge in [-0.15, -0.1) is 0 Å². The van der Waals surface area contributed by atoms with Gasteiger partial charge in [-0.05, 0) is 24.7 Å². The number of hydrogen-bond donors (Lipinski definition) is 0. The van der Waals surface area contributed by atoms with Crippen LogP contribution in [0.4, 0.5) is 0 Å². The Morgan fingerprint density at radius 2 is 2.20 bits per heavy atom. The van der Waals surface area contributed by atoms with Crippen LogP contribution in [0.3, 0.4) is 0 Å². The number of amides is 1. The second kappa shape index (κ2) is 3.52. The Morgan fingerprint density at radius 1 is 1.53 bits per heavy atom. The van der Waals surface area contributed by atoms with Crippen molar-refractivity contribution in [2.24, 2.45) is 17.3 Å². The van der Waals surface area contributed by atoms with Gasteiger partial charge in [-0.2, -0.15) is 5.26 Å². The molecule has 2 rings (SSSR count). The standard InChI is InChI=1S/C12H18N2O/c1-3-10-7-14(6-9(10)2)11(15)12(8-13)4-5-12/h9-10H,3-7H2,1-2H3/t9-,10+/m0/s1. The second-order valence-corrected chi connectivity index (χ2v) is 5.05. The van der Waals surface area contributed by atoms with Crippen molar-refractivity contribution < 1.29 is 4.79 Å². The molecule has 2 aliphatic rings. The van der Waals surface area contributed by atoms with Crippen molar-refractivity contribution in [2.45, 2.75) is 33.1 Å². The van der Waals surface area contributed by atoms with Crippen LogP contribution in [0, 0.1) is 28.6 Å². The van der Waals surface area contributed by atoms with Gasteiger partial charge in [-0.25, -0.2) is 0 Å². The molecule has 0 spiro atoms. The van der Waals surface area contributed by atoms with E-state index >= 15 is 0 Å². The number of hydrogen-bond acceptors (Lipinski definition) is 2. The third-order valence-electron chi connectivity index (χ3n) is 3.95. The lowest BCUT2D eigenvalue weighted by Gasteiger charge is -2.18. The molecule has 3 nitrogen and oxygen atoms in total. The Bertz CT molecular complexity index is 314. The van der Waals surface area contributed by atoms with Gasteiger partial charge in [0.05, 0.1) is 6.07 Å². The quantitative estimate of drug-likeness (QED) is 0.691. The number of rotatable bonds is 2. The fraction of sp³-hybridized carbons (Fsp3) is 0.833. The van der Waals surface area contributed by atoms with Crippen LogP contribution in [0.2, 0.25) is 0 Å². The summed E-state index contributed by atoms with van der Waals surface area (Å²) in [6.45, 7) is 6.08. The largest absolute Gasteiger partial charge is 0.341 e. The molecule has 0 aromatic heterocycles. The molecule has 1 aliphatic heterocycles. The normalized spacial score (nSPS) is 32.5. The molecule has 0 bridgehead atoms. The molecule has 2 atom stereocenters. The van der Waals surface area contributed by atoms with Gasteiger partial charge in [0.1, 0.15) is 5.41 Å². The van der Waals surface area contributed by atoms with E-state index in [1.54, 1.807) is 0 Å². The summed E-state index contributed by atoms with van der Waals surface area (Å²) < 4.78 is 0. The molecule has 1 aliphatic carbocycles. The molecule has 1 amide bonds. The molecule has 0 N–H and O–H groups in total. The molecule has 0 radical (unpaired) electrons. The van der Waals surface area contributed by atoms with Gasteiger partial charge >= 0.3 is 0 Å². The first-order chi connectivity index (χ1) is 7.13. The molecule has 1 saturated heterocycles. The number of likely N-dealkylation sites (tertiary alicyclic amines) is 1. The molecule has 82 valence electrons. The topological polar surface area (TPSA) is 44.1 Å². The summed E-state index contributed by atoms with van der Waals surface area (Å²) >= 11 is 0. The van der Waals surface area contributed by atoms with Crippen LogP contribution in [0.15, 0.2) is 0 Å². The lowest BCUT2D eigenvalue weighted by Crippen LogP contribution is -2.35. The van der Waals surface area contributed by atoms with Gasteiger partial charge < -0.3 is 4.90 Å². The van der Waals surface area contributed by atoms with Crippen molar-refractivity contribution in [3.8, 4) is 6.07 Å². The van der Waals surface area contributed by atoms with E-state index in [1.165, 1.54) is 0 Å². The highest BCUT2D eigenvalue weighted by Crippen LogP contribution is 2.47. The minimum absolute atomic E-state index is 0.0906. The first-order valence-electron chi connectivity index (χ1n) is 5.83. The molecule has 0 aromatic rings. The maximum absolute atomic E-state index is 12.1. The van der Waals surface area contributed by atoms with E-state index in [1.807, 2.05) is 4.90 Å². The molecule has 2 fully saturated rings. The minimum Gasteiger partial charge on any atom is -0.341 e. The summed E-state index contributed by atoms with van der Waals surface area (Å²) in [5, 5.41) is 8.98. The Hall–Kier alpha value is -1.04. The summed E-state index contributed by atoms with van der Waals surface area (Å²) in [5.74, 6) is 1.31. The first kappa shape index (κ1) is 10.5. The Balaban J connectivity index is 2.02.